The minimum absolute atomic E-state index is 0. The summed E-state index contributed by atoms with van der Waals surface area (Å²) in [7, 11) is -2.04. The molecule has 0 fully saturated rings. The molecule has 1 heterocycles. The smallest absolute Gasteiger partial charge is 0.245 e. The third kappa shape index (κ3) is 3.70. The summed E-state index contributed by atoms with van der Waals surface area (Å²) >= 11 is 1.01. The number of nitrogens with two attached hydrogens (primary N) is 1. The summed E-state index contributed by atoms with van der Waals surface area (Å²) < 4.78 is 34.8. The Bertz CT molecular complexity index is 715. The zero-order valence-corrected chi connectivity index (χ0v) is 14.6. The number of fused-ring (bicyclic) bond motifs is 1. The fourth-order valence-corrected chi connectivity index (χ4v) is 4.02. The van der Waals surface area contributed by atoms with E-state index in [4.69, 9.17) is 5.73 Å². The van der Waals surface area contributed by atoms with Crippen molar-refractivity contribution in [1.82, 2.24) is 13.1 Å². The molecule has 9 heteroatoms. The van der Waals surface area contributed by atoms with Gasteiger partial charge in [-0.25, -0.2) is 12.7 Å². The molecule has 2 aromatic rings. The maximum absolute atomic E-state index is 12.7. The van der Waals surface area contributed by atoms with Crippen LogP contribution in [-0.4, -0.2) is 41.6 Å². The van der Waals surface area contributed by atoms with Crippen LogP contribution in [0.4, 0.5) is 0 Å². The normalized spacial score (nSPS) is 12.6. The molecule has 2 N–H and O–H groups in total. The molecule has 0 saturated carbocycles. The van der Waals surface area contributed by atoms with Crippen LogP contribution in [0.2, 0.25) is 0 Å². The van der Waals surface area contributed by atoms with Crippen LogP contribution in [0, 0.1) is 5.41 Å². The Morgan fingerprint density at radius 2 is 2.00 bits per heavy atom. The maximum Gasteiger partial charge on any atom is 0.245 e. The van der Waals surface area contributed by atoms with Crippen molar-refractivity contribution in [2.24, 2.45) is 11.1 Å². The highest BCUT2D eigenvalue weighted by Crippen LogP contribution is 2.25. The van der Waals surface area contributed by atoms with Crippen LogP contribution in [0.25, 0.3) is 11.0 Å². The number of rotatable bonds is 5. The predicted octanol–water partition coefficient (Wildman–Crippen LogP) is 1.72. The minimum Gasteiger partial charge on any atom is -0.330 e. The quantitative estimate of drug-likeness (QED) is 0.886. The average molecular weight is 351 g/mol. The number of aromatic nitrogens is 2. The van der Waals surface area contributed by atoms with E-state index in [0.29, 0.717) is 24.1 Å². The molecule has 118 valence electrons. The molecule has 1 aromatic carbocycles. The molecule has 1 aromatic heterocycles. The van der Waals surface area contributed by atoms with Crippen molar-refractivity contribution >= 4 is 45.2 Å². The number of sulfonamides is 1. The maximum atomic E-state index is 12.7. The van der Waals surface area contributed by atoms with Crippen LogP contribution in [0.5, 0.6) is 0 Å². The molecule has 0 aliphatic carbocycles. The van der Waals surface area contributed by atoms with Gasteiger partial charge in [-0.15, -0.1) is 12.4 Å². The Morgan fingerprint density at radius 3 is 2.62 bits per heavy atom. The van der Waals surface area contributed by atoms with Crippen molar-refractivity contribution in [2.45, 2.75) is 18.7 Å². The number of hydrogen-bond acceptors (Lipinski definition) is 6. The third-order valence-corrected chi connectivity index (χ3v) is 5.52. The third-order valence-electron chi connectivity index (χ3n) is 3.14. The monoisotopic (exact) mass is 350 g/mol. The summed E-state index contributed by atoms with van der Waals surface area (Å²) in [6.45, 7) is 4.63. The van der Waals surface area contributed by atoms with Crippen molar-refractivity contribution in [3.63, 3.8) is 0 Å². The molecule has 0 saturated heterocycles. The fourth-order valence-electron chi connectivity index (χ4n) is 1.91. The lowest BCUT2D eigenvalue weighted by atomic mass is 9.94. The van der Waals surface area contributed by atoms with Gasteiger partial charge in [0.15, 0.2) is 0 Å². The standard InChI is InChI=1S/C12H18N4O2S2.ClH/c1-12(2,7-13)8-16(3)20(17,18)10-6-4-5-9-11(10)15-19-14-9;/h4-6H,7-8,13H2,1-3H3;1H. The van der Waals surface area contributed by atoms with Gasteiger partial charge in [-0.3, -0.25) is 0 Å². The van der Waals surface area contributed by atoms with Gasteiger partial charge < -0.3 is 5.73 Å². The highest BCUT2D eigenvalue weighted by molar-refractivity contribution is 7.89. The summed E-state index contributed by atoms with van der Waals surface area (Å²) in [5, 5.41) is 0. The van der Waals surface area contributed by atoms with Crippen LogP contribution in [0.3, 0.4) is 0 Å². The molecule has 0 radical (unpaired) electrons. The highest BCUT2D eigenvalue weighted by atomic mass is 35.5. The lowest BCUT2D eigenvalue weighted by Gasteiger charge is -2.28. The SMILES string of the molecule is CN(CC(C)(C)CN)S(=O)(=O)c1cccc2nsnc12.Cl. The topological polar surface area (TPSA) is 89.2 Å². The van der Waals surface area contributed by atoms with E-state index in [-0.39, 0.29) is 22.7 Å². The first-order valence-corrected chi connectivity index (χ1v) is 8.33. The molecule has 0 amide bonds. The van der Waals surface area contributed by atoms with E-state index in [1.165, 1.54) is 4.31 Å². The Labute approximate surface area is 135 Å². The fraction of sp³-hybridized carbons (Fsp3) is 0.500. The largest absolute Gasteiger partial charge is 0.330 e. The number of benzene rings is 1. The Kier molecular flexibility index (Phi) is 5.68. The van der Waals surface area contributed by atoms with Gasteiger partial charge in [0.05, 0.1) is 11.7 Å². The zero-order valence-electron chi connectivity index (χ0n) is 12.1. The van der Waals surface area contributed by atoms with Gasteiger partial charge >= 0.3 is 0 Å². The molecule has 0 bridgehead atoms. The first kappa shape index (κ1) is 18.2. The minimum atomic E-state index is -3.60. The molecule has 2 rings (SSSR count). The van der Waals surface area contributed by atoms with E-state index in [9.17, 15) is 8.42 Å². The van der Waals surface area contributed by atoms with Gasteiger partial charge in [-0.2, -0.15) is 8.75 Å². The number of nitrogens with zero attached hydrogens (tertiary/aromatic N) is 3. The molecular formula is C12H19ClN4O2S2. The molecule has 21 heavy (non-hydrogen) atoms. The first-order valence-electron chi connectivity index (χ1n) is 6.16. The molecule has 0 aliphatic heterocycles. The van der Waals surface area contributed by atoms with Crippen LogP contribution in [0.1, 0.15) is 13.8 Å². The summed E-state index contributed by atoms with van der Waals surface area (Å²) in [5.41, 5.74) is 6.41. The van der Waals surface area contributed by atoms with Gasteiger partial charge in [0, 0.05) is 13.6 Å². The van der Waals surface area contributed by atoms with E-state index in [1.54, 1.807) is 25.2 Å². The molecular weight excluding hydrogens is 332 g/mol. The van der Waals surface area contributed by atoms with E-state index in [1.807, 2.05) is 13.8 Å². The van der Waals surface area contributed by atoms with E-state index in [0.717, 1.165) is 11.7 Å². The van der Waals surface area contributed by atoms with Crippen molar-refractivity contribution < 1.29 is 8.42 Å². The molecule has 0 atom stereocenters. The van der Waals surface area contributed by atoms with Crippen molar-refractivity contribution in [1.29, 1.82) is 0 Å². The summed E-state index contributed by atoms with van der Waals surface area (Å²) in [5.74, 6) is 0. The molecule has 0 aliphatic rings. The second-order valence-electron chi connectivity index (χ2n) is 5.52. The average Bonchev–Trinajstić information content (AvgIpc) is 2.85. The van der Waals surface area contributed by atoms with E-state index >= 15 is 0 Å². The first-order chi connectivity index (χ1) is 9.28. The van der Waals surface area contributed by atoms with Crippen LogP contribution < -0.4 is 5.73 Å². The van der Waals surface area contributed by atoms with Crippen molar-refractivity contribution in [3.8, 4) is 0 Å². The van der Waals surface area contributed by atoms with E-state index < -0.39 is 10.0 Å². The van der Waals surface area contributed by atoms with Gasteiger partial charge in [0.25, 0.3) is 0 Å². The molecule has 0 spiro atoms. The highest BCUT2D eigenvalue weighted by Gasteiger charge is 2.29. The lowest BCUT2D eigenvalue weighted by Crippen LogP contribution is -2.39. The van der Waals surface area contributed by atoms with Crippen molar-refractivity contribution in [2.75, 3.05) is 20.1 Å². The predicted molar refractivity (Wildman–Crippen MR) is 87.3 cm³/mol. The van der Waals surface area contributed by atoms with Crippen LogP contribution in [-0.2, 0) is 10.0 Å². The van der Waals surface area contributed by atoms with Gasteiger partial charge in [-0.1, -0.05) is 19.9 Å². The van der Waals surface area contributed by atoms with E-state index in [2.05, 4.69) is 8.75 Å². The number of hydrogen-bond donors (Lipinski definition) is 1. The van der Waals surface area contributed by atoms with Crippen LogP contribution in [0.15, 0.2) is 23.1 Å². The summed E-state index contributed by atoms with van der Waals surface area (Å²) in [4.78, 5) is 0.194. The zero-order chi connectivity index (χ0) is 15.0. The van der Waals surface area contributed by atoms with Gasteiger partial charge in [0.1, 0.15) is 15.9 Å². The second-order valence-corrected chi connectivity index (χ2v) is 8.06. The summed E-state index contributed by atoms with van der Waals surface area (Å²) in [6.07, 6.45) is 0. The Morgan fingerprint density at radius 1 is 1.33 bits per heavy atom. The van der Waals surface area contributed by atoms with Gasteiger partial charge in [0.2, 0.25) is 10.0 Å². The summed E-state index contributed by atoms with van der Waals surface area (Å²) in [6, 6.07) is 4.99. The lowest BCUT2D eigenvalue weighted by molar-refractivity contribution is 0.292. The Balaban J connectivity index is 0.00000220. The Hall–Kier alpha value is -0.800. The van der Waals surface area contributed by atoms with Crippen LogP contribution >= 0.6 is 24.1 Å². The van der Waals surface area contributed by atoms with Gasteiger partial charge in [-0.05, 0) is 24.1 Å². The number of halogens is 1. The molecule has 6 nitrogen and oxygen atoms in total. The molecule has 0 unspecified atom stereocenters. The van der Waals surface area contributed by atoms with Crippen molar-refractivity contribution in [3.05, 3.63) is 18.2 Å². The second kappa shape index (κ2) is 6.53.